The Bertz CT molecular complexity index is 497. The van der Waals surface area contributed by atoms with Gasteiger partial charge < -0.3 is 15.2 Å². The van der Waals surface area contributed by atoms with Crippen molar-refractivity contribution in [3.05, 3.63) is 34.1 Å². The zero-order valence-corrected chi connectivity index (χ0v) is 11.1. The number of nitro groups is 1. The first-order valence-electron chi connectivity index (χ1n) is 6.50. The monoisotopic (exact) mass is 284 g/mol. The molecule has 1 aromatic rings. The zero-order valence-electron chi connectivity index (χ0n) is 11.1. The number of benzene rings is 1. The molecule has 1 aliphatic carbocycles. The second kappa shape index (κ2) is 6.15. The van der Waals surface area contributed by atoms with E-state index in [4.69, 9.17) is 15.2 Å². The van der Waals surface area contributed by atoms with Gasteiger partial charge in [-0.15, -0.1) is 0 Å². The molecule has 1 aromatic carbocycles. The molecule has 0 bridgehead atoms. The van der Waals surface area contributed by atoms with Gasteiger partial charge in [-0.1, -0.05) is 6.92 Å². The van der Waals surface area contributed by atoms with Crippen molar-refractivity contribution in [2.45, 2.75) is 38.0 Å². The molecule has 0 saturated heterocycles. The third-order valence-corrected chi connectivity index (χ3v) is 3.20. The molecule has 0 spiro atoms. The van der Waals surface area contributed by atoms with E-state index in [1.165, 1.54) is 0 Å². The predicted molar refractivity (Wildman–Crippen MR) is 70.1 cm³/mol. The SMILES string of the molecule is CCCOC1C(N)CC1Oc1cc(F)ccc1[N+](=O)[O-]. The van der Waals surface area contributed by atoms with Crippen LogP contribution in [0.3, 0.4) is 0 Å². The summed E-state index contributed by atoms with van der Waals surface area (Å²) in [6.07, 6.45) is 0.688. The van der Waals surface area contributed by atoms with Crippen molar-refractivity contribution < 1.29 is 18.8 Å². The standard InChI is InChI=1S/C13H17FN2O4/c1-2-5-19-13-9(15)7-12(13)20-11-6-8(14)3-4-10(11)16(17)18/h3-4,6,9,12-13H,2,5,7,15H2,1H3. The molecule has 2 rings (SSSR count). The van der Waals surface area contributed by atoms with Gasteiger partial charge in [0.1, 0.15) is 18.0 Å². The fraction of sp³-hybridized carbons (Fsp3) is 0.538. The van der Waals surface area contributed by atoms with E-state index < -0.39 is 10.7 Å². The Morgan fingerprint density at radius 3 is 2.90 bits per heavy atom. The summed E-state index contributed by atoms with van der Waals surface area (Å²) in [4.78, 5) is 10.3. The summed E-state index contributed by atoms with van der Waals surface area (Å²) in [5, 5.41) is 10.9. The highest BCUT2D eigenvalue weighted by atomic mass is 19.1. The lowest BCUT2D eigenvalue weighted by molar-refractivity contribution is -0.386. The number of nitrogens with two attached hydrogens (primary N) is 1. The number of hydrogen-bond acceptors (Lipinski definition) is 5. The first-order valence-corrected chi connectivity index (χ1v) is 6.50. The molecule has 3 atom stereocenters. The Morgan fingerprint density at radius 2 is 2.30 bits per heavy atom. The molecule has 0 aliphatic heterocycles. The Kier molecular flexibility index (Phi) is 4.51. The molecule has 1 saturated carbocycles. The molecular weight excluding hydrogens is 267 g/mol. The van der Waals surface area contributed by atoms with Gasteiger partial charge >= 0.3 is 5.69 Å². The molecule has 110 valence electrons. The Balaban J connectivity index is 2.09. The average Bonchev–Trinajstić information content (AvgIpc) is 2.38. The van der Waals surface area contributed by atoms with E-state index in [1.807, 2.05) is 6.92 Å². The van der Waals surface area contributed by atoms with Gasteiger partial charge in [-0.3, -0.25) is 10.1 Å². The summed E-state index contributed by atoms with van der Waals surface area (Å²) in [5.41, 5.74) is 5.56. The minimum atomic E-state index is -0.602. The third-order valence-electron chi connectivity index (χ3n) is 3.20. The maximum absolute atomic E-state index is 13.2. The van der Waals surface area contributed by atoms with Crippen LogP contribution in [0, 0.1) is 15.9 Å². The average molecular weight is 284 g/mol. The number of nitro benzene ring substituents is 1. The fourth-order valence-electron chi connectivity index (χ4n) is 2.11. The first-order chi connectivity index (χ1) is 9.52. The van der Waals surface area contributed by atoms with Gasteiger partial charge in [-0.25, -0.2) is 4.39 Å². The number of ether oxygens (including phenoxy) is 2. The molecule has 0 radical (unpaired) electrons. The molecule has 2 N–H and O–H groups in total. The molecule has 0 aromatic heterocycles. The van der Waals surface area contributed by atoms with E-state index >= 15 is 0 Å². The van der Waals surface area contributed by atoms with Crippen LogP contribution in [0.15, 0.2) is 18.2 Å². The van der Waals surface area contributed by atoms with Crippen LogP contribution in [0.4, 0.5) is 10.1 Å². The summed E-state index contributed by atoms with van der Waals surface area (Å²) < 4.78 is 24.3. The largest absolute Gasteiger partial charge is 0.481 e. The number of hydrogen-bond donors (Lipinski definition) is 1. The normalized spacial score (nSPS) is 25.1. The van der Waals surface area contributed by atoms with E-state index in [1.54, 1.807) is 0 Å². The van der Waals surface area contributed by atoms with Gasteiger partial charge in [-0.05, 0) is 12.5 Å². The molecule has 1 aliphatic rings. The topological polar surface area (TPSA) is 87.6 Å². The van der Waals surface area contributed by atoms with Crippen LogP contribution < -0.4 is 10.5 Å². The minimum absolute atomic E-state index is 0.0861. The van der Waals surface area contributed by atoms with Crippen molar-refractivity contribution in [2.75, 3.05) is 6.61 Å². The minimum Gasteiger partial charge on any atom is -0.481 e. The van der Waals surface area contributed by atoms with E-state index in [-0.39, 0.29) is 29.7 Å². The number of rotatable bonds is 6. The van der Waals surface area contributed by atoms with E-state index in [2.05, 4.69) is 0 Å². The smallest absolute Gasteiger partial charge is 0.311 e. The van der Waals surface area contributed by atoms with Crippen LogP contribution in [0.25, 0.3) is 0 Å². The van der Waals surface area contributed by atoms with Crippen LogP contribution in [0.2, 0.25) is 0 Å². The van der Waals surface area contributed by atoms with E-state index in [0.29, 0.717) is 13.0 Å². The number of halogens is 1. The van der Waals surface area contributed by atoms with Gasteiger partial charge in [0, 0.05) is 31.2 Å². The molecule has 0 heterocycles. The second-order valence-corrected chi connectivity index (χ2v) is 4.76. The highest BCUT2D eigenvalue weighted by Gasteiger charge is 2.42. The third kappa shape index (κ3) is 3.05. The van der Waals surface area contributed by atoms with Crippen molar-refractivity contribution in [3.8, 4) is 5.75 Å². The molecule has 7 heteroatoms. The van der Waals surface area contributed by atoms with Crippen LogP contribution in [-0.2, 0) is 4.74 Å². The predicted octanol–water partition coefficient (Wildman–Crippen LogP) is 2.01. The van der Waals surface area contributed by atoms with Crippen LogP contribution in [-0.4, -0.2) is 29.8 Å². The molecule has 3 unspecified atom stereocenters. The summed E-state index contributed by atoms with van der Waals surface area (Å²) in [5.74, 6) is -0.669. The van der Waals surface area contributed by atoms with E-state index in [0.717, 1.165) is 24.6 Å². The van der Waals surface area contributed by atoms with Gasteiger partial charge in [0.05, 0.1) is 4.92 Å². The highest BCUT2D eigenvalue weighted by Crippen LogP contribution is 2.33. The molecule has 1 fully saturated rings. The van der Waals surface area contributed by atoms with Gasteiger partial charge in [0.15, 0.2) is 5.75 Å². The second-order valence-electron chi connectivity index (χ2n) is 4.76. The van der Waals surface area contributed by atoms with Crippen molar-refractivity contribution >= 4 is 5.69 Å². The van der Waals surface area contributed by atoms with Gasteiger partial charge in [-0.2, -0.15) is 0 Å². The summed E-state index contributed by atoms with van der Waals surface area (Å²) in [6.45, 7) is 2.51. The molecule has 0 amide bonds. The van der Waals surface area contributed by atoms with Crippen LogP contribution in [0.5, 0.6) is 5.75 Å². The van der Waals surface area contributed by atoms with Crippen molar-refractivity contribution in [1.82, 2.24) is 0 Å². The fourth-order valence-corrected chi connectivity index (χ4v) is 2.11. The van der Waals surface area contributed by atoms with Crippen molar-refractivity contribution in [2.24, 2.45) is 5.73 Å². The van der Waals surface area contributed by atoms with Crippen molar-refractivity contribution in [3.63, 3.8) is 0 Å². The first kappa shape index (κ1) is 14.7. The Hall–Kier alpha value is -1.73. The summed E-state index contributed by atoms with van der Waals surface area (Å²) in [6, 6.07) is 2.98. The summed E-state index contributed by atoms with van der Waals surface area (Å²) in [7, 11) is 0. The Labute approximate surface area is 115 Å². The Morgan fingerprint density at radius 1 is 1.55 bits per heavy atom. The maximum Gasteiger partial charge on any atom is 0.311 e. The van der Waals surface area contributed by atoms with Crippen molar-refractivity contribution in [1.29, 1.82) is 0 Å². The lowest BCUT2D eigenvalue weighted by Crippen LogP contribution is -2.59. The van der Waals surface area contributed by atoms with Crippen LogP contribution in [0.1, 0.15) is 19.8 Å². The van der Waals surface area contributed by atoms with E-state index in [9.17, 15) is 14.5 Å². The highest BCUT2D eigenvalue weighted by molar-refractivity contribution is 5.46. The lowest BCUT2D eigenvalue weighted by Gasteiger charge is -2.41. The van der Waals surface area contributed by atoms with Crippen LogP contribution >= 0.6 is 0 Å². The quantitative estimate of drug-likeness (QED) is 0.637. The summed E-state index contributed by atoms with van der Waals surface area (Å²) >= 11 is 0. The van der Waals surface area contributed by atoms with Gasteiger partial charge in [0.2, 0.25) is 0 Å². The molecular formula is C13H17FN2O4. The molecule has 6 nitrogen and oxygen atoms in total. The lowest BCUT2D eigenvalue weighted by atomic mass is 9.86. The number of nitrogens with zero attached hydrogens (tertiary/aromatic N) is 1. The van der Waals surface area contributed by atoms with Gasteiger partial charge in [0.25, 0.3) is 0 Å². The zero-order chi connectivity index (χ0) is 14.7. The maximum atomic E-state index is 13.2. The molecule has 20 heavy (non-hydrogen) atoms.